The van der Waals surface area contributed by atoms with E-state index in [0.717, 1.165) is 6.07 Å². The van der Waals surface area contributed by atoms with Gasteiger partial charge in [0.15, 0.2) is 5.82 Å². The van der Waals surface area contributed by atoms with Crippen molar-refractivity contribution in [2.75, 3.05) is 0 Å². The molecule has 5 heteroatoms. The number of rotatable bonds is 1. The van der Waals surface area contributed by atoms with Crippen LogP contribution in [-0.4, -0.2) is 4.98 Å². The Bertz CT molecular complexity index is 301. The Balaban J connectivity index is 3.28. The molecular weight excluding hydrogens is 235 g/mol. The van der Waals surface area contributed by atoms with Gasteiger partial charge >= 0.3 is 0 Å². The second-order valence-electron chi connectivity index (χ2n) is 2.23. The van der Waals surface area contributed by atoms with Gasteiger partial charge in [0, 0.05) is 0 Å². The SMILES string of the molecule is Cc1nc(Br)cc(C(F)F)c1F. The molecule has 0 fully saturated rings. The van der Waals surface area contributed by atoms with Crippen molar-refractivity contribution >= 4 is 15.9 Å². The molecule has 0 spiro atoms. The monoisotopic (exact) mass is 239 g/mol. The number of nitrogens with zero attached hydrogens (tertiary/aromatic N) is 1. The Hall–Kier alpha value is -0.580. The molecule has 1 nitrogen and oxygen atoms in total. The summed E-state index contributed by atoms with van der Waals surface area (Å²) in [6, 6.07) is 0.979. The van der Waals surface area contributed by atoms with Crippen LogP contribution in [-0.2, 0) is 0 Å². The van der Waals surface area contributed by atoms with E-state index in [1.54, 1.807) is 0 Å². The maximum atomic E-state index is 12.9. The van der Waals surface area contributed by atoms with Gasteiger partial charge < -0.3 is 0 Å². The fraction of sp³-hybridized carbons (Fsp3) is 0.286. The Labute approximate surface area is 75.7 Å². The summed E-state index contributed by atoms with van der Waals surface area (Å²) in [6.07, 6.45) is -2.80. The van der Waals surface area contributed by atoms with Gasteiger partial charge in [0.2, 0.25) is 0 Å². The zero-order valence-corrected chi connectivity index (χ0v) is 7.70. The lowest BCUT2D eigenvalue weighted by Crippen LogP contribution is -1.97. The van der Waals surface area contributed by atoms with Crippen molar-refractivity contribution in [3.05, 3.63) is 27.7 Å². The molecule has 1 aromatic rings. The molecule has 0 saturated carbocycles. The third-order valence-electron chi connectivity index (χ3n) is 1.36. The Morgan fingerprint density at radius 1 is 1.50 bits per heavy atom. The summed E-state index contributed by atoms with van der Waals surface area (Å²) in [6.45, 7) is 1.34. The summed E-state index contributed by atoms with van der Waals surface area (Å²) in [5, 5.41) is 0. The maximum absolute atomic E-state index is 12.9. The molecule has 0 aliphatic rings. The Morgan fingerprint density at radius 2 is 2.08 bits per heavy atom. The molecule has 0 atom stereocenters. The van der Waals surface area contributed by atoms with Gasteiger partial charge in [-0.05, 0) is 28.9 Å². The predicted molar refractivity (Wildman–Crippen MR) is 41.6 cm³/mol. The van der Waals surface area contributed by atoms with E-state index < -0.39 is 17.8 Å². The van der Waals surface area contributed by atoms with E-state index in [9.17, 15) is 13.2 Å². The fourth-order valence-electron chi connectivity index (χ4n) is 0.801. The van der Waals surface area contributed by atoms with Crippen molar-refractivity contribution in [2.24, 2.45) is 0 Å². The van der Waals surface area contributed by atoms with Crippen LogP contribution < -0.4 is 0 Å². The molecule has 1 aromatic heterocycles. The van der Waals surface area contributed by atoms with Gasteiger partial charge in [-0.2, -0.15) is 0 Å². The van der Waals surface area contributed by atoms with Gasteiger partial charge in [-0.25, -0.2) is 18.2 Å². The van der Waals surface area contributed by atoms with Crippen LogP contribution in [0.1, 0.15) is 17.7 Å². The van der Waals surface area contributed by atoms with E-state index in [1.807, 2.05) is 0 Å². The lowest BCUT2D eigenvalue weighted by Gasteiger charge is -2.03. The van der Waals surface area contributed by atoms with Gasteiger partial charge in [-0.1, -0.05) is 0 Å². The summed E-state index contributed by atoms with van der Waals surface area (Å²) in [5.74, 6) is -0.937. The van der Waals surface area contributed by atoms with Crippen LogP contribution >= 0.6 is 15.9 Å². The molecule has 12 heavy (non-hydrogen) atoms. The maximum Gasteiger partial charge on any atom is 0.266 e. The van der Waals surface area contributed by atoms with E-state index in [0.29, 0.717) is 0 Å². The van der Waals surface area contributed by atoms with Crippen molar-refractivity contribution in [1.82, 2.24) is 4.98 Å². The average molecular weight is 240 g/mol. The molecule has 0 aliphatic carbocycles. The van der Waals surface area contributed by atoms with E-state index >= 15 is 0 Å². The summed E-state index contributed by atoms with van der Waals surface area (Å²) in [7, 11) is 0. The number of aryl methyl sites for hydroxylation is 1. The molecule has 1 rings (SSSR count). The number of alkyl halides is 2. The Kier molecular flexibility index (Phi) is 2.72. The Morgan fingerprint density at radius 3 is 2.58 bits per heavy atom. The number of hydrogen-bond donors (Lipinski definition) is 0. The molecule has 0 radical (unpaired) electrons. The molecule has 0 saturated heterocycles. The van der Waals surface area contributed by atoms with Crippen molar-refractivity contribution < 1.29 is 13.2 Å². The minimum absolute atomic E-state index is 0.0281. The van der Waals surface area contributed by atoms with E-state index in [4.69, 9.17) is 0 Å². The highest BCUT2D eigenvalue weighted by Gasteiger charge is 2.16. The van der Waals surface area contributed by atoms with E-state index in [-0.39, 0.29) is 10.3 Å². The van der Waals surface area contributed by atoms with Crippen molar-refractivity contribution in [2.45, 2.75) is 13.3 Å². The summed E-state index contributed by atoms with van der Waals surface area (Å²) < 4.78 is 37.3. The van der Waals surface area contributed by atoms with E-state index in [2.05, 4.69) is 20.9 Å². The molecular formula is C7H5BrF3N. The highest BCUT2D eigenvalue weighted by Crippen LogP contribution is 2.25. The summed E-state index contributed by atoms with van der Waals surface area (Å²) in [5.41, 5.74) is -0.644. The van der Waals surface area contributed by atoms with Crippen molar-refractivity contribution in [3.63, 3.8) is 0 Å². The minimum atomic E-state index is -2.80. The third-order valence-corrected chi connectivity index (χ3v) is 1.76. The van der Waals surface area contributed by atoms with Crippen LogP contribution in [0.5, 0.6) is 0 Å². The third kappa shape index (κ3) is 1.77. The largest absolute Gasteiger partial charge is 0.266 e. The van der Waals surface area contributed by atoms with E-state index in [1.165, 1.54) is 6.92 Å². The lowest BCUT2D eigenvalue weighted by atomic mass is 10.2. The van der Waals surface area contributed by atoms with Crippen LogP contribution in [0.3, 0.4) is 0 Å². The van der Waals surface area contributed by atoms with Gasteiger partial charge in [-0.3, -0.25) is 0 Å². The number of halogens is 4. The van der Waals surface area contributed by atoms with Gasteiger partial charge in [-0.15, -0.1) is 0 Å². The van der Waals surface area contributed by atoms with Crippen LogP contribution in [0.4, 0.5) is 13.2 Å². The van der Waals surface area contributed by atoms with Gasteiger partial charge in [0.05, 0.1) is 11.3 Å². The number of aromatic nitrogens is 1. The van der Waals surface area contributed by atoms with Gasteiger partial charge in [0.25, 0.3) is 6.43 Å². The normalized spacial score (nSPS) is 10.8. The molecule has 0 aromatic carbocycles. The molecule has 0 N–H and O–H groups in total. The second kappa shape index (κ2) is 3.43. The average Bonchev–Trinajstić information content (AvgIpc) is 1.96. The van der Waals surface area contributed by atoms with Crippen LogP contribution in [0.25, 0.3) is 0 Å². The first kappa shape index (κ1) is 9.51. The topological polar surface area (TPSA) is 12.9 Å². The van der Waals surface area contributed by atoms with Crippen LogP contribution in [0, 0.1) is 12.7 Å². The molecule has 0 unspecified atom stereocenters. The number of hydrogen-bond acceptors (Lipinski definition) is 1. The summed E-state index contributed by atoms with van der Waals surface area (Å²) >= 11 is 2.90. The molecule has 0 aliphatic heterocycles. The smallest absolute Gasteiger partial charge is 0.243 e. The quantitative estimate of drug-likeness (QED) is 0.686. The van der Waals surface area contributed by atoms with Crippen LogP contribution in [0.2, 0.25) is 0 Å². The predicted octanol–water partition coefficient (Wildman–Crippen LogP) is 3.23. The first-order valence-electron chi connectivity index (χ1n) is 3.13. The molecule has 1 heterocycles. The summed E-state index contributed by atoms with van der Waals surface area (Å²) in [4.78, 5) is 3.62. The zero-order valence-electron chi connectivity index (χ0n) is 6.11. The van der Waals surface area contributed by atoms with Crippen LogP contribution in [0.15, 0.2) is 10.7 Å². The first-order valence-corrected chi connectivity index (χ1v) is 3.92. The highest BCUT2D eigenvalue weighted by atomic mass is 79.9. The highest BCUT2D eigenvalue weighted by molar-refractivity contribution is 9.10. The fourth-order valence-corrected chi connectivity index (χ4v) is 1.31. The van der Waals surface area contributed by atoms with Gasteiger partial charge in [0.1, 0.15) is 4.60 Å². The van der Waals surface area contributed by atoms with Crippen molar-refractivity contribution in [3.8, 4) is 0 Å². The molecule has 66 valence electrons. The molecule has 0 bridgehead atoms. The lowest BCUT2D eigenvalue weighted by molar-refractivity contribution is 0.146. The second-order valence-corrected chi connectivity index (χ2v) is 3.05. The zero-order chi connectivity index (χ0) is 9.30. The van der Waals surface area contributed by atoms with Crippen molar-refractivity contribution in [1.29, 1.82) is 0 Å². The number of pyridine rings is 1. The first-order chi connectivity index (χ1) is 5.52. The molecule has 0 amide bonds. The minimum Gasteiger partial charge on any atom is -0.243 e. The standard InChI is InChI=1S/C7H5BrF3N/c1-3-6(9)4(7(10)11)2-5(8)12-3/h2,7H,1H3.